The maximum atomic E-state index is 13.2. The Morgan fingerprint density at radius 3 is 2.60 bits per heavy atom. The molecule has 0 radical (unpaired) electrons. The summed E-state index contributed by atoms with van der Waals surface area (Å²) >= 11 is 0. The van der Waals surface area contributed by atoms with Crippen molar-refractivity contribution in [2.75, 3.05) is 13.6 Å². The van der Waals surface area contributed by atoms with E-state index >= 15 is 0 Å². The normalized spacial score (nSPS) is 10.6. The van der Waals surface area contributed by atoms with Crippen molar-refractivity contribution in [1.29, 1.82) is 0 Å². The summed E-state index contributed by atoms with van der Waals surface area (Å²) in [4.78, 5) is 0. The minimum atomic E-state index is -0.508. The molecule has 0 amide bonds. The smallest absolute Gasteiger partial charge is 0.129 e. The van der Waals surface area contributed by atoms with Crippen LogP contribution in [-0.4, -0.2) is 13.6 Å². The molecule has 0 atom stereocenters. The second-order valence-corrected chi connectivity index (χ2v) is 3.65. The zero-order chi connectivity index (χ0) is 11.1. The zero-order valence-corrected chi connectivity index (χ0v) is 9.02. The highest BCUT2D eigenvalue weighted by molar-refractivity contribution is 5.18. The first kappa shape index (κ1) is 12.1. The summed E-state index contributed by atoms with van der Waals surface area (Å²) in [5.74, 6) is -0.935. The lowest BCUT2D eigenvalue weighted by Crippen LogP contribution is -2.07. The molecule has 0 saturated heterocycles. The van der Waals surface area contributed by atoms with Gasteiger partial charge in [0, 0.05) is 6.07 Å². The number of nitrogens with one attached hydrogen (secondary N) is 1. The van der Waals surface area contributed by atoms with Gasteiger partial charge in [0.15, 0.2) is 0 Å². The molecule has 3 heteroatoms. The topological polar surface area (TPSA) is 12.0 Å². The highest BCUT2D eigenvalue weighted by atomic mass is 19.1. The summed E-state index contributed by atoms with van der Waals surface area (Å²) in [5.41, 5.74) is 0.612. The molecule has 15 heavy (non-hydrogen) atoms. The third-order valence-electron chi connectivity index (χ3n) is 2.39. The van der Waals surface area contributed by atoms with Gasteiger partial charge >= 0.3 is 0 Å². The van der Waals surface area contributed by atoms with E-state index in [-0.39, 0.29) is 0 Å². The van der Waals surface area contributed by atoms with Crippen molar-refractivity contribution >= 4 is 0 Å². The molecule has 0 spiro atoms. The highest BCUT2D eigenvalue weighted by Crippen LogP contribution is 2.12. The molecule has 0 fully saturated rings. The Morgan fingerprint density at radius 1 is 1.13 bits per heavy atom. The molecule has 1 N–H and O–H groups in total. The predicted octanol–water partition coefficient (Wildman–Crippen LogP) is 2.90. The number of hydrogen-bond acceptors (Lipinski definition) is 1. The van der Waals surface area contributed by atoms with Gasteiger partial charge in [-0.15, -0.1) is 0 Å². The van der Waals surface area contributed by atoms with Crippen molar-refractivity contribution in [2.24, 2.45) is 0 Å². The van der Waals surface area contributed by atoms with Crippen LogP contribution in [0.5, 0.6) is 0 Å². The van der Waals surface area contributed by atoms with Crippen molar-refractivity contribution in [3.05, 3.63) is 35.4 Å². The van der Waals surface area contributed by atoms with Crippen molar-refractivity contribution < 1.29 is 8.78 Å². The fourth-order valence-electron chi connectivity index (χ4n) is 1.52. The summed E-state index contributed by atoms with van der Waals surface area (Å²) in [6, 6.07) is 3.79. The minimum Gasteiger partial charge on any atom is -0.320 e. The van der Waals surface area contributed by atoms with Gasteiger partial charge in [-0.3, -0.25) is 0 Å². The Hall–Kier alpha value is -0.960. The number of rotatable bonds is 6. The molecule has 0 aliphatic heterocycles. The largest absolute Gasteiger partial charge is 0.320 e. The van der Waals surface area contributed by atoms with E-state index in [9.17, 15) is 8.78 Å². The number of benzene rings is 1. The quantitative estimate of drug-likeness (QED) is 0.716. The maximum Gasteiger partial charge on any atom is 0.129 e. The molecule has 0 aliphatic rings. The minimum absolute atomic E-state index is 0.427. The average Bonchev–Trinajstić information content (AvgIpc) is 2.20. The van der Waals surface area contributed by atoms with Crippen LogP contribution in [0.1, 0.15) is 24.8 Å². The van der Waals surface area contributed by atoms with Gasteiger partial charge in [-0.2, -0.15) is 0 Å². The van der Waals surface area contributed by atoms with Crippen molar-refractivity contribution in [3.63, 3.8) is 0 Å². The molecule has 84 valence electrons. The first-order valence-electron chi connectivity index (χ1n) is 5.32. The summed E-state index contributed by atoms with van der Waals surface area (Å²) in [7, 11) is 1.92. The second-order valence-electron chi connectivity index (χ2n) is 3.65. The van der Waals surface area contributed by atoms with E-state index in [0.717, 1.165) is 31.9 Å². The van der Waals surface area contributed by atoms with Crippen LogP contribution in [0.25, 0.3) is 0 Å². The van der Waals surface area contributed by atoms with Crippen LogP contribution < -0.4 is 5.32 Å². The van der Waals surface area contributed by atoms with E-state index in [1.165, 1.54) is 12.1 Å². The lowest BCUT2D eigenvalue weighted by Gasteiger charge is -2.03. The molecule has 1 aromatic carbocycles. The van der Waals surface area contributed by atoms with E-state index in [4.69, 9.17) is 0 Å². The van der Waals surface area contributed by atoms with E-state index in [0.29, 0.717) is 12.0 Å². The molecular formula is C12H17F2N. The Kier molecular flexibility index (Phi) is 5.26. The van der Waals surface area contributed by atoms with Gasteiger partial charge in [0.2, 0.25) is 0 Å². The van der Waals surface area contributed by atoms with E-state index in [2.05, 4.69) is 5.32 Å². The summed E-state index contributed by atoms with van der Waals surface area (Å²) in [6.07, 6.45) is 3.80. The number of halogens is 2. The summed E-state index contributed by atoms with van der Waals surface area (Å²) < 4.78 is 25.8. The van der Waals surface area contributed by atoms with Crippen molar-refractivity contribution in [1.82, 2.24) is 5.32 Å². The highest BCUT2D eigenvalue weighted by Gasteiger charge is 2.02. The van der Waals surface area contributed by atoms with Gasteiger partial charge in [-0.25, -0.2) is 8.78 Å². The third-order valence-corrected chi connectivity index (χ3v) is 2.39. The fraction of sp³-hybridized carbons (Fsp3) is 0.500. The molecule has 0 saturated carbocycles. The third kappa shape index (κ3) is 4.38. The van der Waals surface area contributed by atoms with Crippen LogP contribution in [0, 0.1) is 11.6 Å². The molecule has 0 unspecified atom stereocenters. The van der Waals surface area contributed by atoms with E-state index in [1.54, 1.807) is 0 Å². The van der Waals surface area contributed by atoms with Crippen LogP contribution in [-0.2, 0) is 6.42 Å². The second kappa shape index (κ2) is 6.51. The first-order valence-corrected chi connectivity index (χ1v) is 5.32. The fourth-order valence-corrected chi connectivity index (χ4v) is 1.52. The van der Waals surface area contributed by atoms with E-state index in [1.807, 2.05) is 7.05 Å². The monoisotopic (exact) mass is 213 g/mol. The SMILES string of the molecule is CNCCCCCc1ccc(F)cc1F. The number of hydrogen-bond donors (Lipinski definition) is 1. The van der Waals surface area contributed by atoms with Gasteiger partial charge in [-0.05, 0) is 44.5 Å². The van der Waals surface area contributed by atoms with Crippen LogP contribution >= 0.6 is 0 Å². The van der Waals surface area contributed by atoms with Crippen molar-refractivity contribution in [3.8, 4) is 0 Å². The van der Waals surface area contributed by atoms with Gasteiger partial charge in [0.05, 0.1) is 0 Å². The lowest BCUT2D eigenvalue weighted by atomic mass is 10.1. The number of unbranched alkanes of at least 4 members (excludes halogenated alkanes) is 2. The number of aryl methyl sites for hydroxylation is 1. The van der Waals surface area contributed by atoms with Gasteiger partial charge in [0.25, 0.3) is 0 Å². The maximum absolute atomic E-state index is 13.2. The Morgan fingerprint density at radius 2 is 1.93 bits per heavy atom. The standard InChI is InChI=1S/C12H17F2N/c1-15-8-4-2-3-5-10-6-7-11(13)9-12(10)14/h6-7,9,15H,2-5,8H2,1H3. The van der Waals surface area contributed by atoms with E-state index < -0.39 is 11.6 Å². The first-order chi connectivity index (χ1) is 7.24. The molecule has 0 aromatic heterocycles. The molecular weight excluding hydrogens is 196 g/mol. The van der Waals surface area contributed by atoms with Gasteiger partial charge < -0.3 is 5.32 Å². The van der Waals surface area contributed by atoms with Crippen LogP contribution in [0.3, 0.4) is 0 Å². The molecule has 0 heterocycles. The molecule has 1 rings (SSSR count). The Labute approximate surface area is 89.5 Å². The van der Waals surface area contributed by atoms with Crippen LogP contribution in [0.2, 0.25) is 0 Å². The summed E-state index contributed by atoms with van der Waals surface area (Å²) in [5, 5.41) is 3.06. The van der Waals surface area contributed by atoms with Crippen molar-refractivity contribution in [2.45, 2.75) is 25.7 Å². The molecule has 0 bridgehead atoms. The zero-order valence-electron chi connectivity index (χ0n) is 9.02. The average molecular weight is 213 g/mol. The Balaban J connectivity index is 2.31. The summed E-state index contributed by atoms with van der Waals surface area (Å²) in [6.45, 7) is 0.992. The molecule has 1 nitrogen and oxygen atoms in total. The van der Waals surface area contributed by atoms with Gasteiger partial charge in [0.1, 0.15) is 11.6 Å². The van der Waals surface area contributed by atoms with Gasteiger partial charge in [-0.1, -0.05) is 12.5 Å². The molecule has 0 aliphatic carbocycles. The molecule has 1 aromatic rings. The van der Waals surface area contributed by atoms with Crippen LogP contribution in [0.15, 0.2) is 18.2 Å². The van der Waals surface area contributed by atoms with Crippen LogP contribution in [0.4, 0.5) is 8.78 Å². The predicted molar refractivity (Wildman–Crippen MR) is 57.8 cm³/mol. The Bertz CT molecular complexity index is 300. The lowest BCUT2D eigenvalue weighted by molar-refractivity contribution is 0.563.